The van der Waals surface area contributed by atoms with Gasteiger partial charge in [-0.05, 0) is 39.5 Å². The zero-order valence-electron chi connectivity index (χ0n) is 15.3. The van der Waals surface area contributed by atoms with Gasteiger partial charge in [0.05, 0.1) is 0 Å². The summed E-state index contributed by atoms with van der Waals surface area (Å²) in [6, 6.07) is -0.574. The summed E-state index contributed by atoms with van der Waals surface area (Å²) in [5.41, 5.74) is -1.34. The molecule has 0 aromatic rings. The van der Waals surface area contributed by atoms with Crippen LogP contribution in [0.2, 0.25) is 0 Å². The Hall–Kier alpha value is -2.12. The molecule has 0 radical (unpaired) electrons. The van der Waals surface area contributed by atoms with Crippen molar-refractivity contribution in [2.75, 3.05) is 13.2 Å². The fourth-order valence-electron chi connectivity index (χ4n) is 3.41. The van der Waals surface area contributed by atoms with Gasteiger partial charge in [0.25, 0.3) is 11.8 Å². The number of urea groups is 1. The molecular formula is C17H27N3O5. The number of carbonyl (C=O) groups is 4. The van der Waals surface area contributed by atoms with E-state index in [2.05, 4.69) is 10.6 Å². The van der Waals surface area contributed by atoms with Gasteiger partial charge < -0.3 is 15.4 Å². The third-order valence-corrected chi connectivity index (χ3v) is 4.67. The fraction of sp³-hybridized carbons (Fsp3) is 0.765. The molecule has 1 saturated carbocycles. The fourth-order valence-corrected chi connectivity index (χ4v) is 3.41. The van der Waals surface area contributed by atoms with Gasteiger partial charge in [0.2, 0.25) is 0 Å². The number of ether oxygens (including phenoxy) is 1. The number of carbonyl (C=O) groups excluding carboxylic acids is 4. The highest BCUT2D eigenvalue weighted by atomic mass is 16.5. The first kappa shape index (κ1) is 19.2. The maximum Gasteiger partial charge on any atom is 0.326 e. The van der Waals surface area contributed by atoms with Gasteiger partial charge >= 0.3 is 12.0 Å². The molecule has 1 saturated heterocycles. The first-order valence-electron chi connectivity index (χ1n) is 8.66. The van der Waals surface area contributed by atoms with E-state index in [1.807, 2.05) is 27.7 Å². The van der Waals surface area contributed by atoms with Crippen molar-refractivity contribution in [3.8, 4) is 0 Å². The van der Waals surface area contributed by atoms with Crippen LogP contribution in [-0.4, -0.2) is 52.9 Å². The van der Waals surface area contributed by atoms with Crippen LogP contribution >= 0.6 is 0 Å². The van der Waals surface area contributed by atoms with E-state index in [-0.39, 0.29) is 11.8 Å². The quantitative estimate of drug-likeness (QED) is 0.578. The van der Waals surface area contributed by atoms with Crippen molar-refractivity contribution in [2.24, 2.45) is 5.92 Å². The number of nitrogens with zero attached hydrogens (tertiary/aromatic N) is 1. The van der Waals surface area contributed by atoms with Crippen LogP contribution in [0.25, 0.3) is 0 Å². The minimum Gasteiger partial charge on any atom is -0.454 e. The Morgan fingerprint density at radius 1 is 1.32 bits per heavy atom. The van der Waals surface area contributed by atoms with Gasteiger partial charge in [-0.1, -0.05) is 19.8 Å². The number of imide groups is 1. The SMILES string of the molecule is C[C@@H]1CCCC[C@]12NC(=O)N(CC(=O)OCC(=O)NC(C)(C)C)C2=O. The van der Waals surface area contributed by atoms with Crippen LogP contribution in [-0.2, 0) is 19.1 Å². The molecule has 4 amide bonds. The minimum absolute atomic E-state index is 0.0243. The number of amides is 4. The second-order valence-electron chi connectivity index (χ2n) is 7.90. The van der Waals surface area contributed by atoms with Crippen molar-refractivity contribution in [3.63, 3.8) is 0 Å². The molecule has 1 aliphatic heterocycles. The van der Waals surface area contributed by atoms with Crippen LogP contribution in [0.4, 0.5) is 4.79 Å². The summed E-state index contributed by atoms with van der Waals surface area (Å²) < 4.78 is 4.89. The van der Waals surface area contributed by atoms with Crippen LogP contribution < -0.4 is 10.6 Å². The van der Waals surface area contributed by atoms with E-state index < -0.39 is 42.1 Å². The van der Waals surface area contributed by atoms with E-state index >= 15 is 0 Å². The molecule has 1 aliphatic carbocycles. The smallest absolute Gasteiger partial charge is 0.326 e. The summed E-state index contributed by atoms with van der Waals surface area (Å²) >= 11 is 0. The summed E-state index contributed by atoms with van der Waals surface area (Å²) in [5, 5.41) is 5.43. The van der Waals surface area contributed by atoms with Gasteiger partial charge in [0.15, 0.2) is 6.61 Å². The molecule has 25 heavy (non-hydrogen) atoms. The van der Waals surface area contributed by atoms with E-state index in [1.54, 1.807) is 0 Å². The zero-order chi connectivity index (χ0) is 18.8. The van der Waals surface area contributed by atoms with Crippen molar-refractivity contribution in [3.05, 3.63) is 0 Å². The van der Waals surface area contributed by atoms with Crippen molar-refractivity contribution in [2.45, 2.75) is 64.5 Å². The van der Waals surface area contributed by atoms with Gasteiger partial charge in [0, 0.05) is 5.54 Å². The highest BCUT2D eigenvalue weighted by Crippen LogP contribution is 2.38. The highest BCUT2D eigenvalue weighted by Gasteiger charge is 2.55. The van der Waals surface area contributed by atoms with Crippen LogP contribution in [0.3, 0.4) is 0 Å². The minimum atomic E-state index is -0.904. The summed E-state index contributed by atoms with van der Waals surface area (Å²) in [6.45, 7) is 6.44. The maximum atomic E-state index is 12.7. The van der Waals surface area contributed by atoms with Crippen molar-refractivity contribution in [1.29, 1.82) is 0 Å². The molecule has 8 heteroatoms. The lowest BCUT2D eigenvalue weighted by molar-refractivity contribution is -0.151. The lowest BCUT2D eigenvalue weighted by Crippen LogP contribution is -2.54. The number of esters is 1. The standard InChI is InChI=1S/C17H27N3O5/c1-11-7-5-6-8-17(11)14(23)20(15(24)19-17)9-13(22)25-10-12(21)18-16(2,3)4/h11H,5-10H2,1-4H3,(H,18,21)(H,19,24)/t11-,17+/m1/s1. The van der Waals surface area contributed by atoms with Gasteiger partial charge in [-0.25, -0.2) is 4.79 Å². The second kappa shape index (κ2) is 7.01. The number of rotatable bonds is 4. The normalized spacial score (nSPS) is 26.6. The molecular weight excluding hydrogens is 326 g/mol. The molecule has 0 aromatic heterocycles. The first-order chi connectivity index (χ1) is 11.5. The van der Waals surface area contributed by atoms with Crippen molar-refractivity contribution < 1.29 is 23.9 Å². The van der Waals surface area contributed by atoms with E-state index in [9.17, 15) is 19.2 Å². The molecule has 0 aromatic carbocycles. The molecule has 2 atom stereocenters. The van der Waals surface area contributed by atoms with E-state index in [0.29, 0.717) is 6.42 Å². The van der Waals surface area contributed by atoms with Crippen LogP contribution in [0.1, 0.15) is 53.4 Å². The van der Waals surface area contributed by atoms with Crippen LogP contribution in [0.15, 0.2) is 0 Å². The highest BCUT2D eigenvalue weighted by molar-refractivity contribution is 6.09. The van der Waals surface area contributed by atoms with Gasteiger partial charge in [-0.2, -0.15) is 0 Å². The maximum absolute atomic E-state index is 12.7. The number of hydrogen-bond donors (Lipinski definition) is 2. The zero-order valence-corrected chi connectivity index (χ0v) is 15.3. The Bertz CT molecular complexity index is 583. The van der Waals surface area contributed by atoms with E-state index in [0.717, 1.165) is 24.2 Å². The molecule has 8 nitrogen and oxygen atoms in total. The Morgan fingerprint density at radius 2 is 2.00 bits per heavy atom. The third kappa shape index (κ3) is 4.29. The van der Waals surface area contributed by atoms with Crippen LogP contribution in [0, 0.1) is 5.92 Å². The second-order valence-corrected chi connectivity index (χ2v) is 7.90. The molecule has 2 N–H and O–H groups in total. The monoisotopic (exact) mass is 353 g/mol. The molecule has 0 bridgehead atoms. The van der Waals surface area contributed by atoms with Crippen molar-refractivity contribution >= 4 is 23.8 Å². The van der Waals surface area contributed by atoms with E-state index in [1.165, 1.54) is 0 Å². The molecule has 0 unspecified atom stereocenters. The summed E-state index contributed by atoms with van der Waals surface area (Å²) in [5.74, 6) is -1.57. The third-order valence-electron chi connectivity index (χ3n) is 4.67. The Labute approximate surface area is 147 Å². The molecule has 2 fully saturated rings. The molecule has 140 valence electrons. The van der Waals surface area contributed by atoms with Gasteiger partial charge in [0.1, 0.15) is 12.1 Å². The largest absolute Gasteiger partial charge is 0.454 e. The predicted octanol–water partition coefficient (Wildman–Crippen LogP) is 0.945. The number of nitrogens with one attached hydrogen (secondary N) is 2. The van der Waals surface area contributed by atoms with Crippen LogP contribution in [0.5, 0.6) is 0 Å². The van der Waals surface area contributed by atoms with Gasteiger partial charge in [-0.15, -0.1) is 0 Å². The molecule has 1 heterocycles. The lowest BCUT2D eigenvalue weighted by atomic mass is 9.73. The first-order valence-corrected chi connectivity index (χ1v) is 8.66. The predicted molar refractivity (Wildman–Crippen MR) is 89.5 cm³/mol. The Kier molecular flexibility index (Phi) is 5.39. The summed E-state index contributed by atoms with van der Waals surface area (Å²) in [7, 11) is 0. The molecule has 2 rings (SSSR count). The summed E-state index contributed by atoms with van der Waals surface area (Å²) in [4.78, 5) is 49.4. The molecule has 1 spiro atoms. The summed E-state index contributed by atoms with van der Waals surface area (Å²) in [6.07, 6.45) is 3.33. The Morgan fingerprint density at radius 3 is 2.60 bits per heavy atom. The topological polar surface area (TPSA) is 105 Å². The average molecular weight is 353 g/mol. The lowest BCUT2D eigenvalue weighted by Gasteiger charge is -2.36. The average Bonchev–Trinajstić information content (AvgIpc) is 2.72. The van der Waals surface area contributed by atoms with E-state index in [4.69, 9.17) is 4.74 Å². The van der Waals surface area contributed by atoms with Crippen molar-refractivity contribution in [1.82, 2.24) is 15.5 Å². The Balaban J connectivity index is 1.91. The number of hydrogen-bond acceptors (Lipinski definition) is 5. The molecule has 2 aliphatic rings. The van der Waals surface area contributed by atoms with Gasteiger partial charge in [-0.3, -0.25) is 19.3 Å².